The van der Waals surface area contributed by atoms with E-state index in [1.54, 1.807) is 10.8 Å². The molecule has 1 aliphatic rings. The van der Waals surface area contributed by atoms with Gasteiger partial charge in [-0.3, -0.25) is 4.79 Å². The molecule has 2 unspecified atom stereocenters. The van der Waals surface area contributed by atoms with Crippen LogP contribution in [0.4, 0.5) is 11.4 Å². The van der Waals surface area contributed by atoms with Gasteiger partial charge < -0.3 is 29.8 Å². The van der Waals surface area contributed by atoms with Crippen molar-refractivity contribution in [1.82, 2.24) is 9.55 Å². The summed E-state index contributed by atoms with van der Waals surface area (Å²) < 4.78 is 12.4. The molecule has 174 valence electrons. The first kappa shape index (κ1) is 22.8. The molecule has 3 aromatic rings. The van der Waals surface area contributed by atoms with Crippen molar-refractivity contribution in [2.75, 3.05) is 31.0 Å². The number of fused-ring (bicyclic) bond motifs is 1. The number of ether oxygens (including phenoxy) is 2. The molecular weight excluding hydrogens is 424 g/mol. The number of methoxy groups -OCH3 is 1. The van der Waals surface area contributed by atoms with Crippen molar-refractivity contribution in [1.29, 1.82) is 0 Å². The minimum atomic E-state index is -0.579. The molecular formula is C24H28N4O5. The fraction of sp³-hybridized carbons (Fsp3) is 0.375. The Morgan fingerprint density at radius 1 is 1.33 bits per heavy atom. The van der Waals surface area contributed by atoms with Gasteiger partial charge in [0.1, 0.15) is 11.8 Å². The zero-order chi connectivity index (χ0) is 23.4. The van der Waals surface area contributed by atoms with Crippen LogP contribution < -0.4 is 10.6 Å². The van der Waals surface area contributed by atoms with Crippen molar-refractivity contribution in [3.05, 3.63) is 53.9 Å². The molecule has 4 rings (SSSR count). The first-order chi connectivity index (χ1) is 16.0. The predicted octanol–water partition coefficient (Wildman–Crippen LogP) is 2.78. The van der Waals surface area contributed by atoms with Gasteiger partial charge in [0.05, 0.1) is 31.3 Å². The molecule has 2 atom stereocenters. The van der Waals surface area contributed by atoms with Crippen molar-refractivity contribution in [2.45, 2.75) is 38.5 Å². The Labute approximate surface area is 191 Å². The Balaban J connectivity index is 1.86. The van der Waals surface area contributed by atoms with Crippen LogP contribution in [0.1, 0.15) is 35.8 Å². The fourth-order valence-corrected chi connectivity index (χ4v) is 3.98. The minimum Gasteiger partial charge on any atom is -0.464 e. The first-order valence-electron chi connectivity index (χ1n) is 11.0. The number of rotatable bonds is 8. The van der Waals surface area contributed by atoms with Crippen LogP contribution in [-0.2, 0) is 20.8 Å². The maximum atomic E-state index is 12.9. The van der Waals surface area contributed by atoms with E-state index >= 15 is 0 Å². The number of benzene rings is 1. The summed E-state index contributed by atoms with van der Waals surface area (Å²) in [4.78, 5) is 30.5. The second kappa shape index (κ2) is 10.0. The number of carbonyl (C=O) groups excluding carboxylic acids is 2. The van der Waals surface area contributed by atoms with E-state index in [1.807, 2.05) is 43.3 Å². The molecule has 9 heteroatoms. The molecule has 1 aromatic carbocycles. The highest BCUT2D eigenvalue weighted by Crippen LogP contribution is 2.34. The van der Waals surface area contributed by atoms with Crippen LogP contribution in [0.5, 0.6) is 0 Å². The van der Waals surface area contributed by atoms with Crippen LogP contribution >= 0.6 is 0 Å². The third-order valence-electron chi connectivity index (χ3n) is 5.62. The van der Waals surface area contributed by atoms with Crippen molar-refractivity contribution in [2.24, 2.45) is 0 Å². The number of aliphatic hydroxyl groups is 1. The van der Waals surface area contributed by atoms with Crippen LogP contribution in [-0.4, -0.2) is 59.0 Å². The van der Waals surface area contributed by atoms with Gasteiger partial charge in [0.15, 0.2) is 5.69 Å². The van der Waals surface area contributed by atoms with E-state index in [1.165, 1.54) is 7.11 Å². The molecule has 0 bridgehead atoms. The smallest absolute Gasteiger partial charge is 0.356 e. The molecule has 33 heavy (non-hydrogen) atoms. The van der Waals surface area contributed by atoms with Gasteiger partial charge in [0.2, 0.25) is 0 Å². The number of hydrogen-bond acceptors (Lipinski definition) is 7. The minimum absolute atomic E-state index is 0.0525. The lowest BCUT2D eigenvalue weighted by Crippen LogP contribution is -2.28. The lowest BCUT2D eigenvalue weighted by molar-refractivity contribution is -0.124. The summed E-state index contributed by atoms with van der Waals surface area (Å²) in [6.45, 7) is 2.69. The second-order valence-corrected chi connectivity index (χ2v) is 8.10. The average molecular weight is 453 g/mol. The molecule has 0 spiro atoms. The number of carbonyl (C=O) groups is 2. The number of amides is 1. The van der Waals surface area contributed by atoms with Gasteiger partial charge in [-0.25, -0.2) is 9.78 Å². The van der Waals surface area contributed by atoms with Gasteiger partial charge in [-0.2, -0.15) is 0 Å². The molecule has 1 amide bonds. The van der Waals surface area contributed by atoms with E-state index in [4.69, 9.17) is 9.47 Å². The quantitative estimate of drug-likeness (QED) is 0.450. The average Bonchev–Trinajstić information content (AvgIpc) is 3.47. The van der Waals surface area contributed by atoms with Crippen molar-refractivity contribution < 1.29 is 24.2 Å². The van der Waals surface area contributed by atoms with E-state index in [0.717, 1.165) is 12.0 Å². The Kier molecular flexibility index (Phi) is 6.90. The summed E-state index contributed by atoms with van der Waals surface area (Å²) in [6.07, 6.45) is 2.52. The lowest BCUT2D eigenvalue weighted by Gasteiger charge is -2.13. The third kappa shape index (κ3) is 4.84. The second-order valence-electron chi connectivity index (χ2n) is 8.10. The maximum Gasteiger partial charge on any atom is 0.356 e. The van der Waals surface area contributed by atoms with Crippen molar-refractivity contribution in [3.8, 4) is 0 Å². The highest BCUT2D eigenvalue weighted by Gasteiger charge is 2.30. The summed E-state index contributed by atoms with van der Waals surface area (Å²) in [5.41, 5.74) is 2.70. The van der Waals surface area contributed by atoms with Gasteiger partial charge in [0.25, 0.3) is 5.91 Å². The summed E-state index contributed by atoms with van der Waals surface area (Å²) >= 11 is 0. The predicted molar refractivity (Wildman–Crippen MR) is 124 cm³/mol. The van der Waals surface area contributed by atoms with Crippen LogP contribution in [0.3, 0.4) is 0 Å². The lowest BCUT2D eigenvalue weighted by atomic mass is 10.2. The van der Waals surface area contributed by atoms with Gasteiger partial charge in [0, 0.05) is 24.6 Å². The monoisotopic (exact) mass is 452 g/mol. The molecule has 0 radical (unpaired) electrons. The third-order valence-corrected chi connectivity index (χ3v) is 5.62. The number of anilines is 2. The summed E-state index contributed by atoms with van der Waals surface area (Å²) in [5, 5.41) is 16.1. The molecule has 3 heterocycles. The Morgan fingerprint density at radius 2 is 2.12 bits per heavy atom. The van der Waals surface area contributed by atoms with Crippen LogP contribution in [0, 0.1) is 0 Å². The molecule has 1 aliphatic heterocycles. The molecule has 2 aromatic heterocycles. The highest BCUT2D eigenvalue weighted by atomic mass is 16.5. The molecule has 1 fully saturated rings. The van der Waals surface area contributed by atoms with E-state index in [9.17, 15) is 14.7 Å². The number of aliphatic hydroxyl groups excluding tert-OH is 1. The summed E-state index contributed by atoms with van der Waals surface area (Å²) in [7, 11) is 1.31. The molecule has 0 aliphatic carbocycles. The number of aromatic nitrogens is 2. The fourth-order valence-electron chi connectivity index (χ4n) is 3.98. The zero-order valence-corrected chi connectivity index (χ0v) is 18.7. The van der Waals surface area contributed by atoms with Crippen molar-refractivity contribution >= 4 is 34.3 Å². The van der Waals surface area contributed by atoms with E-state index in [0.29, 0.717) is 42.0 Å². The number of pyridine rings is 1. The van der Waals surface area contributed by atoms with Crippen LogP contribution in [0.2, 0.25) is 0 Å². The first-order valence-corrected chi connectivity index (χ1v) is 11.0. The number of esters is 1. The van der Waals surface area contributed by atoms with E-state index < -0.39 is 12.1 Å². The van der Waals surface area contributed by atoms with Crippen LogP contribution in [0.15, 0.2) is 42.6 Å². The Morgan fingerprint density at radius 3 is 2.79 bits per heavy atom. The highest BCUT2D eigenvalue weighted by molar-refractivity contribution is 6.12. The van der Waals surface area contributed by atoms with Gasteiger partial charge in [-0.1, -0.05) is 30.3 Å². The Hall–Kier alpha value is -3.43. The standard InChI is InChI=1S/C24H28N4O5/c1-15(14-29)26-17-11-18-20(27-23(30)19-9-6-10-33-19)21(24(31)32-2)28(22(18)25-12-17)13-16-7-4-3-5-8-16/h3-5,7-8,11-12,15,19,26,29H,6,9-10,13-14H2,1-2H3,(H,27,30). The SMILES string of the molecule is COC(=O)c1c(NC(=O)C2CCCO2)c2cc(NC(C)CO)cnc2n1Cc1ccccc1. The van der Waals surface area contributed by atoms with Crippen LogP contribution in [0.25, 0.3) is 11.0 Å². The maximum absolute atomic E-state index is 12.9. The number of hydrogen-bond donors (Lipinski definition) is 3. The zero-order valence-electron chi connectivity index (χ0n) is 18.7. The normalized spacial score (nSPS) is 16.5. The summed E-state index contributed by atoms with van der Waals surface area (Å²) in [6, 6.07) is 11.3. The van der Waals surface area contributed by atoms with Gasteiger partial charge in [-0.05, 0) is 31.4 Å². The molecule has 0 saturated carbocycles. The molecule has 9 nitrogen and oxygen atoms in total. The Bertz CT molecular complexity index is 1140. The topological polar surface area (TPSA) is 115 Å². The summed E-state index contributed by atoms with van der Waals surface area (Å²) in [5.74, 6) is -0.886. The number of nitrogens with one attached hydrogen (secondary N) is 2. The number of nitrogens with zero attached hydrogens (tertiary/aromatic N) is 2. The van der Waals surface area contributed by atoms with E-state index in [2.05, 4.69) is 15.6 Å². The van der Waals surface area contributed by atoms with Crippen molar-refractivity contribution in [3.63, 3.8) is 0 Å². The largest absolute Gasteiger partial charge is 0.464 e. The van der Waals surface area contributed by atoms with E-state index in [-0.39, 0.29) is 24.2 Å². The van der Waals surface area contributed by atoms with Gasteiger partial charge >= 0.3 is 5.97 Å². The molecule has 1 saturated heterocycles. The molecule has 3 N–H and O–H groups in total. The van der Waals surface area contributed by atoms with Gasteiger partial charge in [-0.15, -0.1) is 0 Å².